The zero-order valence-corrected chi connectivity index (χ0v) is 21.9. The number of phenols is 4. The van der Waals surface area contributed by atoms with Crippen LogP contribution in [0.4, 0.5) is 0 Å². The van der Waals surface area contributed by atoms with Crippen LogP contribution in [0, 0.1) is 0 Å². The van der Waals surface area contributed by atoms with Gasteiger partial charge >= 0.3 is 11.9 Å². The number of aliphatic hydroxyl groups excluding tert-OH is 1. The lowest BCUT2D eigenvalue weighted by Crippen LogP contribution is -2.60. The van der Waals surface area contributed by atoms with Crippen LogP contribution in [0.1, 0.15) is 36.8 Å². The van der Waals surface area contributed by atoms with Crippen LogP contribution in [0.15, 0.2) is 48.6 Å². The monoisotopic (exact) mass is 569 g/mol. The van der Waals surface area contributed by atoms with Crippen LogP contribution >= 0.6 is 0 Å². The molecule has 2 aliphatic rings. The fourth-order valence-electron chi connectivity index (χ4n) is 4.87. The highest BCUT2D eigenvalue weighted by Crippen LogP contribution is 2.35. The number of benzene rings is 2. The SMILES string of the molecule is O=C(/C=C/c1ccc(O)c(O)c1)O[C@@H]1[C@H](O)C[C@@](O)(C(=O)N2CCCC2)C[C@H]1OC(=O)/C=C/c1ccc(O)c(O)c1. The van der Waals surface area contributed by atoms with Gasteiger partial charge in [0.15, 0.2) is 29.1 Å². The second kappa shape index (κ2) is 12.3. The van der Waals surface area contributed by atoms with Gasteiger partial charge in [0.2, 0.25) is 0 Å². The summed E-state index contributed by atoms with van der Waals surface area (Å²) in [5, 5.41) is 60.3. The van der Waals surface area contributed by atoms with Crippen molar-refractivity contribution in [2.24, 2.45) is 0 Å². The number of hydrogen-bond donors (Lipinski definition) is 6. The van der Waals surface area contributed by atoms with Crippen LogP contribution in [-0.2, 0) is 23.9 Å². The van der Waals surface area contributed by atoms with Crippen molar-refractivity contribution in [2.45, 2.75) is 49.6 Å². The first kappa shape index (κ1) is 29.4. The number of carbonyl (C=O) groups is 3. The van der Waals surface area contributed by atoms with Crippen molar-refractivity contribution >= 4 is 30.0 Å². The normalized spacial score (nSPS) is 24.5. The van der Waals surface area contributed by atoms with E-state index in [-0.39, 0.29) is 11.5 Å². The van der Waals surface area contributed by atoms with Crippen molar-refractivity contribution in [3.8, 4) is 23.0 Å². The smallest absolute Gasteiger partial charge is 0.331 e. The van der Waals surface area contributed by atoms with E-state index in [1.54, 1.807) is 0 Å². The molecule has 41 heavy (non-hydrogen) atoms. The number of carbonyl (C=O) groups excluding carboxylic acids is 3. The number of amides is 1. The van der Waals surface area contributed by atoms with Gasteiger partial charge in [-0.25, -0.2) is 9.59 Å². The molecular weight excluding hydrogens is 538 g/mol. The van der Waals surface area contributed by atoms with Crippen molar-refractivity contribution in [3.63, 3.8) is 0 Å². The minimum Gasteiger partial charge on any atom is -0.504 e. The zero-order chi connectivity index (χ0) is 29.7. The summed E-state index contributed by atoms with van der Waals surface area (Å²) in [6.07, 6.45) is 0.842. The van der Waals surface area contributed by atoms with E-state index >= 15 is 0 Å². The Morgan fingerprint density at radius 3 is 1.80 bits per heavy atom. The molecule has 12 heteroatoms. The van der Waals surface area contributed by atoms with Crippen LogP contribution < -0.4 is 0 Å². The van der Waals surface area contributed by atoms with Gasteiger partial charge in [0.1, 0.15) is 11.7 Å². The third kappa shape index (κ3) is 7.16. The number of rotatable bonds is 7. The van der Waals surface area contributed by atoms with E-state index in [1.807, 2.05) is 0 Å². The molecule has 1 saturated carbocycles. The number of nitrogens with zero attached hydrogens (tertiary/aromatic N) is 1. The summed E-state index contributed by atoms with van der Waals surface area (Å²) in [6.45, 7) is 0.889. The molecule has 2 aromatic rings. The molecule has 4 atom stereocenters. The summed E-state index contributed by atoms with van der Waals surface area (Å²) < 4.78 is 10.9. The highest BCUT2D eigenvalue weighted by molar-refractivity contribution is 5.89. The fourth-order valence-corrected chi connectivity index (χ4v) is 4.87. The Hall–Kier alpha value is -4.55. The number of hydrogen-bond acceptors (Lipinski definition) is 11. The number of phenolic OH excluding ortho intramolecular Hbond substituents is 4. The van der Waals surface area contributed by atoms with Crippen molar-refractivity contribution in [3.05, 3.63) is 59.7 Å². The molecule has 1 aliphatic carbocycles. The van der Waals surface area contributed by atoms with Crippen molar-refractivity contribution in [2.75, 3.05) is 13.1 Å². The largest absolute Gasteiger partial charge is 0.504 e. The average Bonchev–Trinajstić information content (AvgIpc) is 3.46. The Morgan fingerprint density at radius 1 is 0.780 bits per heavy atom. The van der Waals surface area contributed by atoms with Gasteiger partial charge in [-0.2, -0.15) is 0 Å². The van der Waals surface area contributed by atoms with E-state index in [0.29, 0.717) is 24.2 Å². The van der Waals surface area contributed by atoms with Crippen molar-refractivity contribution < 1.29 is 54.5 Å². The number of likely N-dealkylation sites (tertiary alicyclic amines) is 1. The molecule has 2 aromatic carbocycles. The molecule has 0 spiro atoms. The van der Waals surface area contributed by atoms with Gasteiger partial charge in [0.05, 0.1) is 6.10 Å². The predicted molar refractivity (Wildman–Crippen MR) is 143 cm³/mol. The van der Waals surface area contributed by atoms with Gasteiger partial charge in [0, 0.05) is 38.1 Å². The molecule has 0 unspecified atom stereocenters. The van der Waals surface area contributed by atoms with Crippen molar-refractivity contribution in [1.29, 1.82) is 0 Å². The standard InChI is InChI=1S/C29H31NO11/c31-19-7-3-17(13-21(19)33)5-9-25(36)40-24-16-29(39,28(38)30-11-1-2-12-30)15-23(35)27(24)41-26(37)10-6-18-4-8-20(32)22(34)14-18/h3-10,13-14,23-24,27,31-35,39H,1-2,11-12,15-16H2/b9-5+,10-6+/t23-,24-,27-,29+/m1/s1. The van der Waals surface area contributed by atoms with E-state index in [9.17, 15) is 45.0 Å². The second-order valence-electron chi connectivity index (χ2n) is 10.0. The van der Waals surface area contributed by atoms with Gasteiger partial charge in [-0.1, -0.05) is 12.1 Å². The number of ether oxygens (including phenoxy) is 2. The molecule has 6 N–H and O–H groups in total. The molecule has 1 saturated heterocycles. The maximum absolute atomic E-state index is 13.1. The number of aromatic hydroxyl groups is 4. The van der Waals surface area contributed by atoms with Crippen LogP contribution in [0.2, 0.25) is 0 Å². The molecule has 4 rings (SSSR count). The van der Waals surface area contributed by atoms with Gasteiger partial charge in [-0.15, -0.1) is 0 Å². The Balaban J connectivity index is 1.52. The summed E-state index contributed by atoms with van der Waals surface area (Å²) >= 11 is 0. The quantitative estimate of drug-likeness (QED) is 0.161. The van der Waals surface area contributed by atoms with E-state index in [2.05, 4.69) is 0 Å². The number of esters is 2. The average molecular weight is 570 g/mol. The molecule has 1 heterocycles. The van der Waals surface area contributed by atoms with E-state index in [0.717, 1.165) is 25.0 Å². The zero-order valence-electron chi connectivity index (χ0n) is 21.9. The molecular formula is C29H31NO11. The molecule has 0 aromatic heterocycles. The van der Waals surface area contributed by atoms with Gasteiger partial charge in [-0.3, -0.25) is 4.79 Å². The summed E-state index contributed by atoms with van der Waals surface area (Å²) in [5.41, 5.74) is -1.35. The van der Waals surface area contributed by atoms with Crippen molar-refractivity contribution in [1.82, 2.24) is 4.90 Å². The highest BCUT2D eigenvalue weighted by Gasteiger charge is 2.53. The molecule has 2 fully saturated rings. The fraction of sp³-hybridized carbons (Fsp3) is 0.345. The first-order valence-electron chi connectivity index (χ1n) is 13.0. The van der Waals surface area contributed by atoms with Crippen LogP contribution in [0.25, 0.3) is 12.2 Å². The Bertz CT molecular complexity index is 1360. The maximum Gasteiger partial charge on any atom is 0.331 e. The Labute approximate surface area is 235 Å². The first-order valence-corrected chi connectivity index (χ1v) is 13.0. The first-order chi connectivity index (χ1) is 19.4. The molecule has 1 amide bonds. The lowest BCUT2D eigenvalue weighted by Gasteiger charge is -2.43. The van der Waals surface area contributed by atoms with Crippen LogP contribution in [0.5, 0.6) is 23.0 Å². The predicted octanol–water partition coefficient (Wildman–Crippen LogP) is 1.57. The van der Waals surface area contributed by atoms with E-state index in [4.69, 9.17) is 9.47 Å². The van der Waals surface area contributed by atoms with E-state index in [1.165, 1.54) is 53.5 Å². The van der Waals surface area contributed by atoms with E-state index < -0.39 is 66.1 Å². The van der Waals surface area contributed by atoms with Crippen LogP contribution in [-0.4, -0.2) is 90.4 Å². The third-order valence-corrected chi connectivity index (χ3v) is 6.97. The van der Waals surface area contributed by atoms with Gasteiger partial charge in [-0.05, 0) is 60.4 Å². The minimum absolute atomic E-state index is 0.341. The molecule has 1 aliphatic heterocycles. The van der Waals surface area contributed by atoms with Crippen LogP contribution in [0.3, 0.4) is 0 Å². The number of aliphatic hydroxyl groups is 2. The summed E-state index contributed by atoms with van der Waals surface area (Å²) in [4.78, 5) is 39.9. The summed E-state index contributed by atoms with van der Waals surface area (Å²) in [7, 11) is 0. The summed E-state index contributed by atoms with van der Waals surface area (Å²) in [5.74, 6) is -3.97. The molecule has 0 radical (unpaired) electrons. The summed E-state index contributed by atoms with van der Waals surface area (Å²) in [6, 6.07) is 7.74. The highest BCUT2D eigenvalue weighted by atomic mass is 16.6. The molecule has 218 valence electrons. The Morgan fingerprint density at radius 2 is 1.29 bits per heavy atom. The Kier molecular flexibility index (Phi) is 8.84. The lowest BCUT2D eigenvalue weighted by molar-refractivity contribution is -0.201. The van der Waals surface area contributed by atoms with Gasteiger partial charge in [0.25, 0.3) is 5.91 Å². The topological polar surface area (TPSA) is 194 Å². The van der Waals surface area contributed by atoms with Gasteiger partial charge < -0.3 is 45.0 Å². The molecule has 0 bridgehead atoms. The molecule has 12 nitrogen and oxygen atoms in total. The maximum atomic E-state index is 13.1. The lowest BCUT2D eigenvalue weighted by atomic mass is 9.78. The minimum atomic E-state index is -2.07. The third-order valence-electron chi connectivity index (χ3n) is 6.97. The second-order valence-corrected chi connectivity index (χ2v) is 10.0.